The van der Waals surface area contributed by atoms with E-state index in [1.54, 1.807) is 0 Å². The zero-order valence-electron chi connectivity index (χ0n) is 12.0. The molecule has 0 bridgehead atoms. The molecule has 0 radical (unpaired) electrons. The summed E-state index contributed by atoms with van der Waals surface area (Å²) in [6.07, 6.45) is 2.20. The number of para-hydroxylation sites is 1. The Hall–Kier alpha value is -2.14. The third-order valence-corrected chi connectivity index (χ3v) is 4.12. The van der Waals surface area contributed by atoms with Crippen LogP contribution in [-0.2, 0) is 0 Å². The van der Waals surface area contributed by atoms with Crippen LogP contribution in [0.3, 0.4) is 0 Å². The molecule has 1 unspecified atom stereocenters. The number of aromatic nitrogens is 1. The van der Waals surface area contributed by atoms with E-state index in [2.05, 4.69) is 9.88 Å². The fraction of sp³-hybridized carbons (Fsp3) is 0.375. The molecule has 4 N–H and O–H groups in total. The summed E-state index contributed by atoms with van der Waals surface area (Å²) in [5.41, 5.74) is 12.7. The quantitative estimate of drug-likeness (QED) is 0.894. The highest BCUT2D eigenvalue weighted by Gasteiger charge is 2.23. The summed E-state index contributed by atoms with van der Waals surface area (Å²) in [6, 6.07) is 9.61. The van der Waals surface area contributed by atoms with Crippen molar-refractivity contribution in [2.45, 2.75) is 12.8 Å². The maximum absolute atomic E-state index is 11.8. The lowest BCUT2D eigenvalue weighted by Gasteiger charge is -2.34. The number of pyridine rings is 1. The predicted octanol–water partition coefficient (Wildman–Crippen LogP) is 1.51. The van der Waals surface area contributed by atoms with Crippen molar-refractivity contribution in [3.63, 3.8) is 0 Å². The highest BCUT2D eigenvalue weighted by atomic mass is 16.1. The lowest BCUT2D eigenvalue weighted by Crippen LogP contribution is -2.39. The number of primary amides is 1. The first-order valence-electron chi connectivity index (χ1n) is 7.33. The SMILES string of the molecule is NCC1CCCN(c2nc3ccccc3cc2C(N)=O)C1. The van der Waals surface area contributed by atoms with Crippen LogP contribution >= 0.6 is 0 Å². The van der Waals surface area contributed by atoms with Crippen molar-refractivity contribution < 1.29 is 4.79 Å². The zero-order valence-corrected chi connectivity index (χ0v) is 12.0. The van der Waals surface area contributed by atoms with Gasteiger partial charge in [-0.15, -0.1) is 0 Å². The van der Waals surface area contributed by atoms with Crippen molar-refractivity contribution in [3.8, 4) is 0 Å². The second-order valence-corrected chi connectivity index (χ2v) is 5.61. The molecule has 1 aromatic carbocycles. The van der Waals surface area contributed by atoms with E-state index in [9.17, 15) is 4.79 Å². The molecule has 0 spiro atoms. The maximum Gasteiger partial charge on any atom is 0.252 e. The van der Waals surface area contributed by atoms with E-state index in [0.29, 0.717) is 23.8 Å². The molecule has 0 saturated carbocycles. The summed E-state index contributed by atoms with van der Waals surface area (Å²) in [4.78, 5) is 18.6. The van der Waals surface area contributed by atoms with Crippen LogP contribution in [0.15, 0.2) is 30.3 Å². The average molecular weight is 284 g/mol. The Morgan fingerprint density at radius 3 is 2.95 bits per heavy atom. The van der Waals surface area contributed by atoms with Gasteiger partial charge in [-0.05, 0) is 37.4 Å². The van der Waals surface area contributed by atoms with E-state index in [0.717, 1.165) is 36.8 Å². The van der Waals surface area contributed by atoms with Crippen LogP contribution in [0.4, 0.5) is 5.82 Å². The average Bonchev–Trinajstić information content (AvgIpc) is 2.53. The van der Waals surface area contributed by atoms with Crippen molar-refractivity contribution >= 4 is 22.6 Å². The van der Waals surface area contributed by atoms with Gasteiger partial charge in [0.05, 0.1) is 11.1 Å². The first-order valence-corrected chi connectivity index (χ1v) is 7.33. The van der Waals surface area contributed by atoms with Gasteiger partial charge in [0.1, 0.15) is 5.82 Å². The number of carbonyl (C=O) groups excluding carboxylic acids is 1. The highest BCUT2D eigenvalue weighted by molar-refractivity contribution is 6.01. The van der Waals surface area contributed by atoms with Gasteiger partial charge >= 0.3 is 0 Å². The van der Waals surface area contributed by atoms with Crippen molar-refractivity contribution in [3.05, 3.63) is 35.9 Å². The van der Waals surface area contributed by atoms with E-state index in [4.69, 9.17) is 11.5 Å². The Balaban J connectivity index is 2.07. The second-order valence-electron chi connectivity index (χ2n) is 5.61. The zero-order chi connectivity index (χ0) is 14.8. The summed E-state index contributed by atoms with van der Waals surface area (Å²) < 4.78 is 0. The number of benzene rings is 1. The molecule has 3 rings (SSSR count). The molecule has 5 heteroatoms. The van der Waals surface area contributed by atoms with E-state index in [1.165, 1.54) is 0 Å². The smallest absolute Gasteiger partial charge is 0.252 e. The topological polar surface area (TPSA) is 85.2 Å². The number of anilines is 1. The minimum absolute atomic E-state index is 0.432. The van der Waals surface area contributed by atoms with E-state index >= 15 is 0 Å². The monoisotopic (exact) mass is 284 g/mol. The van der Waals surface area contributed by atoms with Crippen LogP contribution in [0, 0.1) is 5.92 Å². The van der Waals surface area contributed by atoms with Gasteiger partial charge in [0.2, 0.25) is 0 Å². The third kappa shape index (κ3) is 2.69. The molecule has 2 aromatic rings. The maximum atomic E-state index is 11.8. The number of carbonyl (C=O) groups is 1. The molecule has 2 heterocycles. The second kappa shape index (κ2) is 5.69. The Morgan fingerprint density at radius 1 is 1.38 bits per heavy atom. The molecule has 1 aliphatic rings. The number of rotatable bonds is 3. The summed E-state index contributed by atoms with van der Waals surface area (Å²) in [5, 5.41) is 0.933. The molecule has 1 aromatic heterocycles. The molecular weight excluding hydrogens is 264 g/mol. The highest BCUT2D eigenvalue weighted by Crippen LogP contribution is 2.27. The molecule has 1 amide bonds. The summed E-state index contributed by atoms with van der Waals surface area (Å²) in [5.74, 6) is 0.713. The first kappa shape index (κ1) is 13.8. The first-order chi connectivity index (χ1) is 10.2. The normalized spacial score (nSPS) is 18.9. The minimum atomic E-state index is -0.432. The van der Waals surface area contributed by atoms with Gasteiger partial charge in [-0.3, -0.25) is 4.79 Å². The molecule has 21 heavy (non-hydrogen) atoms. The molecule has 0 aliphatic carbocycles. The summed E-state index contributed by atoms with van der Waals surface area (Å²) >= 11 is 0. The van der Waals surface area contributed by atoms with Gasteiger partial charge in [-0.25, -0.2) is 4.98 Å². The van der Waals surface area contributed by atoms with Crippen LogP contribution in [0.1, 0.15) is 23.2 Å². The van der Waals surface area contributed by atoms with Gasteiger partial charge in [0.15, 0.2) is 0 Å². The summed E-state index contributed by atoms with van der Waals surface area (Å²) in [6.45, 7) is 2.39. The van der Waals surface area contributed by atoms with E-state index < -0.39 is 5.91 Å². The van der Waals surface area contributed by atoms with Crippen LogP contribution in [0.25, 0.3) is 10.9 Å². The Morgan fingerprint density at radius 2 is 2.19 bits per heavy atom. The molecule has 1 saturated heterocycles. The molecule has 1 aliphatic heterocycles. The fourth-order valence-electron chi connectivity index (χ4n) is 2.98. The fourth-order valence-corrected chi connectivity index (χ4v) is 2.98. The number of fused-ring (bicyclic) bond motifs is 1. The van der Waals surface area contributed by atoms with Gasteiger partial charge in [0.25, 0.3) is 5.91 Å². The van der Waals surface area contributed by atoms with Crippen molar-refractivity contribution in [2.75, 3.05) is 24.5 Å². The number of hydrogen-bond donors (Lipinski definition) is 2. The van der Waals surface area contributed by atoms with Gasteiger partial charge < -0.3 is 16.4 Å². The number of amides is 1. The van der Waals surface area contributed by atoms with Crippen LogP contribution in [-0.4, -0.2) is 30.5 Å². The van der Waals surface area contributed by atoms with E-state index in [-0.39, 0.29) is 0 Å². The summed E-state index contributed by atoms with van der Waals surface area (Å²) in [7, 11) is 0. The van der Waals surface area contributed by atoms with Gasteiger partial charge in [0, 0.05) is 18.5 Å². The van der Waals surface area contributed by atoms with Crippen LogP contribution in [0.5, 0.6) is 0 Å². The Labute approximate surface area is 123 Å². The largest absolute Gasteiger partial charge is 0.365 e. The molecule has 1 fully saturated rings. The Kier molecular flexibility index (Phi) is 3.75. The lowest BCUT2D eigenvalue weighted by atomic mass is 9.97. The van der Waals surface area contributed by atoms with Gasteiger partial charge in [-0.2, -0.15) is 0 Å². The van der Waals surface area contributed by atoms with Crippen molar-refractivity contribution in [1.82, 2.24) is 4.98 Å². The van der Waals surface area contributed by atoms with Crippen molar-refractivity contribution in [1.29, 1.82) is 0 Å². The van der Waals surface area contributed by atoms with Crippen LogP contribution < -0.4 is 16.4 Å². The van der Waals surface area contributed by atoms with Crippen molar-refractivity contribution in [2.24, 2.45) is 17.4 Å². The number of nitrogens with two attached hydrogens (primary N) is 2. The molecule has 110 valence electrons. The standard InChI is InChI=1S/C16H20N4O/c17-9-11-4-3-7-20(10-11)16-13(15(18)21)8-12-5-1-2-6-14(12)19-16/h1-2,5-6,8,11H,3-4,7,9-10,17H2,(H2,18,21). The number of hydrogen-bond acceptors (Lipinski definition) is 4. The van der Waals surface area contributed by atoms with Crippen LogP contribution in [0.2, 0.25) is 0 Å². The molecule has 1 atom stereocenters. The molecular formula is C16H20N4O. The van der Waals surface area contributed by atoms with Gasteiger partial charge in [-0.1, -0.05) is 18.2 Å². The number of nitrogens with zero attached hydrogens (tertiary/aromatic N) is 2. The predicted molar refractivity (Wildman–Crippen MR) is 84.3 cm³/mol. The van der Waals surface area contributed by atoms with E-state index in [1.807, 2.05) is 30.3 Å². The Bertz CT molecular complexity index is 670. The minimum Gasteiger partial charge on any atom is -0.365 e. The molecule has 5 nitrogen and oxygen atoms in total. The number of piperidine rings is 1. The third-order valence-electron chi connectivity index (χ3n) is 4.12. The lowest BCUT2D eigenvalue weighted by molar-refractivity contribution is 0.100.